The predicted octanol–water partition coefficient (Wildman–Crippen LogP) is 2.39. The SMILES string of the molecule is Cc1ccc(S(=O)(=O)O)cc1.O=[N+]([O-])c1ccc(N2C[C@@H]3C[C@H]2CN3)cc1. The van der Waals surface area contributed by atoms with Gasteiger partial charge < -0.3 is 10.2 Å². The van der Waals surface area contributed by atoms with Gasteiger partial charge in [0.2, 0.25) is 0 Å². The molecular formula is C18H21N3O5S. The maximum atomic E-state index is 10.5. The van der Waals surface area contributed by atoms with Crippen LogP contribution in [0.1, 0.15) is 12.0 Å². The van der Waals surface area contributed by atoms with Crippen LogP contribution in [0.25, 0.3) is 0 Å². The lowest BCUT2D eigenvalue weighted by atomic mass is 10.2. The summed E-state index contributed by atoms with van der Waals surface area (Å²) < 4.78 is 29.6. The van der Waals surface area contributed by atoms with Crippen molar-refractivity contribution in [3.8, 4) is 0 Å². The molecule has 27 heavy (non-hydrogen) atoms. The number of nitrogens with one attached hydrogen (secondary N) is 1. The fourth-order valence-corrected chi connectivity index (χ4v) is 3.83. The topological polar surface area (TPSA) is 113 Å². The number of hydrogen-bond acceptors (Lipinski definition) is 6. The first kappa shape index (κ1) is 19.3. The number of anilines is 1. The van der Waals surface area contributed by atoms with E-state index in [-0.39, 0.29) is 15.5 Å². The molecule has 2 aromatic rings. The molecule has 2 aliphatic heterocycles. The van der Waals surface area contributed by atoms with Gasteiger partial charge >= 0.3 is 0 Å². The lowest BCUT2D eigenvalue weighted by Crippen LogP contribution is -2.43. The number of aryl methyl sites for hydroxylation is 1. The molecule has 0 saturated carbocycles. The summed E-state index contributed by atoms with van der Waals surface area (Å²) in [5, 5.41) is 14.0. The predicted molar refractivity (Wildman–Crippen MR) is 102 cm³/mol. The molecule has 0 radical (unpaired) electrons. The van der Waals surface area contributed by atoms with Gasteiger partial charge in [-0.05, 0) is 37.6 Å². The molecule has 2 aliphatic rings. The number of nitrogens with zero attached hydrogens (tertiary/aromatic N) is 2. The van der Waals surface area contributed by atoms with Crippen LogP contribution in [-0.2, 0) is 10.1 Å². The largest absolute Gasteiger partial charge is 0.366 e. The van der Waals surface area contributed by atoms with Gasteiger partial charge in [-0.2, -0.15) is 8.42 Å². The summed E-state index contributed by atoms with van der Waals surface area (Å²) in [4.78, 5) is 12.5. The van der Waals surface area contributed by atoms with Gasteiger partial charge in [-0.25, -0.2) is 0 Å². The standard InChI is InChI=1S/C11H13N3O2.C7H8O3S/c15-14(16)10-3-1-9(2-4-10)13-7-8-5-11(13)6-12-8;1-6-2-4-7(5-3-6)11(8,9)10/h1-4,8,11-12H,5-7H2;2-5H,1H3,(H,8,9,10)/t8-,11-;/m0./s1. The minimum absolute atomic E-state index is 0.0666. The minimum atomic E-state index is -4.02. The zero-order valence-corrected chi connectivity index (χ0v) is 15.6. The molecule has 2 heterocycles. The molecule has 0 amide bonds. The molecule has 2 saturated heterocycles. The van der Waals surface area contributed by atoms with E-state index in [1.165, 1.54) is 18.6 Å². The highest BCUT2D eigenvalue weighted by Gasteiger charge is 2.37. The molecule has 8 nitrogen and oxygen atoms in total. The first-order valence-corrected chi connectivity index (χ1v) is 9.96. The van der Waals surface area contributed by atoms with Gasteiger partial charge in [0.25, 0.3) is 15.8 Å². The van der Waals surface area contributed by atoms with Crippen molar-refractivity contribution in [2.45, 2.75) is 30.3 Å². The van der Waals surface area contributed by atoms with E-state index in [9.17, 15) is 18.5 Å². The number of rotatable bonds is 3. The first-order valence-electron chi connectivity index (χ1n) is 8.52. The highest BCUT2D eigenvalue weighted by Crippen LogP contribution is 2.30. The van der Waals surface area contributed by atoms with Crippen molar-refractivity contribution in [1.29, 1.82) is 0 Å². The van der Waals surface area contributed by atoms with Crippen molar-refractivity contribution in [3.63, 3.8) is 0 Å². The fraction of sp³-hybridized carbons (Fsp3) is 0.333. The van der Waals surface area contributed by atoms with E-state index in [0.717, 1.165) is 24.3 Å². The van der Waals surface area contributed by atoms with Crippen molar-refractivity contribution in [2.24, 2.45) is 0 Å². The number of fused-ring (bicyclic) bond motifs is 2. The van der Waals surface area contributed by atoms with Crippen LogP contribution in [0, 0.1) is 17.0 Å². The van der Waals surface area contributed by atoms with E-state index in [4.69, 9.17) is 4.55 Å². The molecule has 0 spiro atoms. The van der Waals surface area contributed by atoms with Crippen LogP contribution in [0.15, 0.2) is 53.4 Å². The van der Waals surface area contributed by atoms with Gasteiger partial charge in [-0.15, -0.1) is 0 Å². The van der Waals surface area contributed by atoms with Gasteiger partial charge in [-0.1, -0.05) is 17.7 Å². The Kier molecular flexibility index (Phi) is 5.45. The summed E-state index contributed by atoms with van der Waals surface area (Å²) in [6.07, 6.45) is 1.19. The Hall–Kier alpha value is -2.49. The van der Waals surface area contributed by atoms with E-state index in [2.05, 4.69) is 10.2 Å². The van der Waals surface area contributed by atoms with E-state index in [0.29, 0.717) is 12.1 Å². The fourth-order valence-electron chi connectivity index (χ4n) is 3.35. The molecule has 2 aromatic carbocycles. The number of non-ortho nitro benzene ring substituents is 1. The average molecular weight is 391 g/mol. The van der Waals surface area contributed by atoms with Gasteiger partial charge in [0.05, 0.1) is 9.82 Å². The van der Waals surface area contributed by atoms with E-state index < -0.39 is 10.1 Å². The lowest BCUT2D eigenvalue weighted by Gasteiger charge is -2.29. The van der Waals surface area contributed by atoms with Crippen LogP contribution in [0.5, 0.6) is 0 Å². The van der Waals surface area contributed by atoms with Crippen LogP contribution in [0.2, 0.25) is 0 Å². The Morgan fingerprint density at radius 1 is 1.15 bits per heavy atom. The molecule has 0 aromatic heterocycles. The highest BCUT2D eigenvalue weighted by atomic mass is 32.2. The number of nitro benzene ring substituents is 1. The van der Waals surface area contributed by atoms with Crippen molar-refractivity contribution in [3.05, 3.63) is 64.2 Å². The Balaban J connectivity index is 0.000000168. The zero-order valence-electron chi connectivity index (χ0n) is 14.8. The summed E-state index contributed by atoms with van der Waals surface area (Å²) in [7, 11) is -4.02. The molecule has 0 aliphatic carbocycles. The Bertz CT molecular complexity index is 913. The monoisotopic (exact) mass is 391 g/mol. The summed E-state index contributed by atoms with van der Waals surface area (Å²) in [5.41, 5.74) is 2.21. The third kappa shape index (κ3) is 4.62. The summed E-state index contributed by atoms with van der Waals surface area (Å²) in [5.74, 6) is 0. The maximum absolute atomic E-state index is 10.5. The normalized spacial score (nSPS) is 20.9. The molecule has 2 fully saturated rings. The van der Waals surface area contributed by atoms with Gasteiger partial charge in [0.15, 0.2) is 0 Å². The number of benzene rings is 2. The quantitative estimate of drug-likeness (QED) is 0.469. The van der Waals surface area contributed by atoms with Crippen LogP contribution in [0.4, 0.5) is 11.4 Å². The Morgan fingerprint density at radius 3 is 2.22 bits per heavy atom. The molecule has 9 heteroatoms. The summed E-state index contributed by atoms with van der Waals surface area (Å²) >= 11 is 0. The van der Waals surface area contributed by atoms with Crippen LogP contribution >= 0.6 is 0 Å². The second-order valence-corrected chi connectivity index (χ2v) is 8.13. The maximum Gasteiger partial charge on any atom is 0.294 e. The van der Waals surface area contributed by atoms with Crippen LogP contribution < -0.4 is 10.2 Å². The molecule has 0 unspecified atom stereocenters. The summed E-state index contributed by atoms with van der Waals surface area (Å²) in [6, 6.07) is 14.0. The molecule has 144 valence electrons. The average Bonchev–Trinajstić information content (AvgIpc) is 3.25. The zero-order chi connectivity index (χ0) is 19.6. The minimum Gasteiger partial charge on any atom is -0.366 e. The van der Waals surface area contributed by atoms with Crippen LogP contribution in [0.3, 0.4) is 0 Å². The molecule has 2 atom stereocenters. The van der Waals surface area contributed by atoms with Crippen molar-refractivity contribution >= 4 is 21.5 Å². The Morgan fingerprint density at radius 2 is 1.78 bits per heavy atom. The number of hydrogen-bond donors (Lipinski definition) is 2. The number of piperazine rings is 1. The molecular weight excluding hydrogens is 370 g/mol. The third-order valence-corrected chi connectivity index (χ3v) is 5.64. The van der Waals surface area contributed by atoms with Gasteiger partial charge in [0, 0.05) is 43.0 Å². The van der Waals surface area contributed by atoms with Gasteiger partial charge in [0.1, 0.15) is 0 Å². The second kappa shape index (κ2) is 7.63. The van der Waals surface area contributed by atoms with Crippen molar-refractivity contribution in [2.75, 3.05) is 18.0 Å². The first-order chi connectivity index (χ1) is 12.7. The van der Waals surface area contributed by atoms with E-state index >= 15 is 0 Å². The van der Waals surface area contributed by atoms with E-state index in [1.807, 2.05) is 19.1 Å². The van der Waals surface area contributed by atoms with Crippen molar-refractivity contribution in [1.82, 2.24) is 5.32 Å². The number of nitro groups is 1. The van der Waals surface area contributed by atoms with E-state index in [1.54, 1.807) is 24.3 Å². The van der Waals surface area contributed by atoms with Gasteiger partial charge in [-0.3, -0.25) is 14.7 Å². The molecule has 4 rings (SSSR count). The summed E-state index contributed by atoms with van der Waals surface area (Å²) in [6.45, 7) is 3.89. The third-order valence-electron chi connectivity index (χ3n) is 4.77. The molecule has 2 N–H and O–H groups in total. The molecule has 2 bridgehead atoms. The van der Waals surface area contributed by atoms with Crippen LogP contribution in [-0.4, -0.2) is 43.1 Å². The highest BCUT2D eigenvalue weighted by molar-refractivity contribution is 7.85. The smallest absolute Gasteiger partial charge is 0.294 e. The lowest BCUT2D eigenvalue weighted by molar-refractivity contribution is -0.384. The Labute approximate surface area is 157 Å². The second-order valence-electron chi connectivity index (χ2n) is 6.71. The van der Waals surface area contributed by atoms with Crippen molar-refractivity contribution < 1.29 is 17.9 Å².